The van der Waals surface area contributed by atoms with Gasteiger partial charge < -0.3 is 11.5 Å². The predicted octanol–water partition coefficient (Wildman–Crippen LogP) is 0.0980. The van der Waals surface area contributed by atoms with Crippen LogP contribution < -0.4 is 11.5 Å². The first-order valence-corrected chi connectivity index (χ1v) is 3.91. The first-order valence-electron chi connectivity index (χ1n) is 3.91. The highest BCUT2D eigenvalue weighted by Gasteiger charge is 2.01. The number of anilines is 2. The summed E-state index contributed by atoms with van der Waals surface area (Å²) in [6.07, 6.45) is 6.02. The van der Waals surface area contributed by atoms with Gasteiger partial charge in [-0.15, -0.1) is 0 Å². The lowest BCUT2D eigenvalue weighted by atomic mass is 10.3. The lowest BCUT2D eigenvalue weighted by Gasteiger charge is -1.99. The Morgan fingerprint density at radius 1 is 0.786 bits per heavy atom. The van der Waals surface area contributed by atoms with Gasteiger partial charge in [-0.25, -0.2) is 15.0 Å². The van der Waals surface area contributed by atoms with Crippen LogP contribution in [0.4, 0.5) is 11.6 Å². The third kappa shape index (κ3) is 1.58. The molecular weight excluding hydrogens is 180 g/mol. The van der Waals surface area contributed by atoms with Crippen molar-refractivity contribution >= 4 is 11.6 Å². The normalized spacial score (nSPS) is 10.0. The van der Waals surface area contributed by atoms with Crippen molar-refractivity contribution in [1.82, 2.24) is 19.9 Å². The van der Waals surface area contributed by atoms with Crippen molar-refractivity contribution in [3.63, 3.8) is 0 Å². The van der Waals surface area contributed by atoms with Gasteiger partial charge in [0.15, 0.2) is 0 Å². The summed E-state index contributed by atoms with van der Waals surface area (Å²) in [5.74, 6) is 0.715. The Hall–Kier alpha value is -2.24. The van der Waals surface area contributed by atoms with E-state index in [1.165, 1.54) is 18.6 Å². The first kappa shape index (κ1) is 8.36. The summed E-state index contributed by atoms with van der Waals surface area (Å²) < 4.78 is 0. The van der Waals surface area contributed by atoms with Crippen molar-refractivity contribution in [1.29, 1.82) is 0 Å². The lowest BCUT2D eigenvalue weighted by Crippen LogP contribution is -1.97. The summed E-state index contributed by atoms with van der Waals surface area (Å²) >= 11 is 0. The van der Waals surface area contributed by atoms with E-state index in [9.17, 15) is 0 Å². The molecule has 0 bridgehead atoms. The third-order valence-corrected chi connectivity index (χ3v) is 1.59. The van der Waals surface area contributed by atoms with Gasteiger partial charge in [0.2, 0.25) is 0 Å². The maximum absolute atomic E-state index is 5.48. The molecule has 0 aliphatic rings. The molecule has 0 atom stereocenters. The average molecular weight is 188 g/mol. The quantitative estimate of drug-likeness (QED) is 0.657. The van der Waals surface area contributed by atoms with Gasteiger partial charge in [-0.3, -0.25) is 4.98 Å². The lowest BCUT2D eigenvalue weighted by molar-refractivity contribution is 1.15. The summed E-state index contributed by atoms with van der Waals surface area (Å²) in [6, 6.07) is 0. The van der Waals surface area contributed by atoms with E-state index in [1.54, 1.807) is 6.20 Å². The Balaban J connectivity index is 2.44. The Morgan fingerprint density at radius 3 is 2.29 bits per heavy atom. The summed E-state index contributed by atoms with van der Waals surface area (Å²) in [4.78, 5) is 15.9. The molecule has 0 saturated carbocycles. The Morgan fingerprint density at radius 2 is 1.64 bits per heavy atom. The fourth-order valence-electron chi connectivity index (χ4n) is 0.975. The van der Waals surface area contributed by atoms with Gasteiger partial charge in [-0.2, -0.15) is 0 Å². The van der Waals surface area contributed by atoms with E-state index < -0.39 is 0 Å². The van der Waals surface area contributed by atoms with E-state index in [0.29, 0.717) is 23.0 Å². The largest absolute Gasteiger partial charge is 0.382 e. The van der Waals surface area contributed by atoms with Crippen molar-refractivity contribution in [3.05, 3.63) is 24.8 Å². The topological polar surface area (TPSA) is 104 Å². The van der Waals surface area contributed by atoms with Gasteiger partial charge in [0, 0.05) is 0 Å². The molecule has 4 N–H and O–H groups in total. The minimum absolute atomic E-state index is 0.348. The predicted molar refractivity (Wildman–Crippen MR) is 51.9 cm³/mol. The zero-order valence-electron chi connectivity index (χ0n) is 7.25. The van der Waals surface area contributed by atoms with Crippen LogP contribution in [0.5, 0.6) is 0 Å². The molecule has 0 radical (unpaired) electrons. The van der Waals surface area contributed by atoms with Gasteiger partial charge >= 0.3 is 0 Å². The van der Waals surface area contributed by atoms with Crippen LogP contribution in [0.3, 0.4) is 0 Å². The minimum atomic E-state index is 0.348. The van der Waals surface area contributed by atoms with Crippen molar-refractivity contribution in [2.45, 2.75) is 0 Å². The molecule has 6 nitrogen and oxygen atoms in total. The molecule has 0 fully saturated rings. The second-order valence-corrected chi connectivity index (χ2v) is 2.66. The highest BCUT2D eigenvalue weighted by molar-refractivity contribution is 5.54. The molecule has 14 heavy (non-hydrogen) atoms. The van der Waals surface area contributed by atoms with Crippen LogP contribution in [0.1, 0.15) is 0 Å². The van der Waals surface area contributed by atoms with E-state index in [2.05, 4.69) is 19.9 Å². The number of aromatic nitrogens is 4. The average Bonchev–Trinajstić information content (AvgIpc) is 2.19. The van der Waals surface area contributed by atoms with E-state index in [-0.39, 0.29) is 0 Å². The minimum Gasteiger partial charge on any atom is -0.382 e. The fourth-order valence-corrected chi connectivity index (χ4v) is 0.975. The second kappa shape index (κ2) is 3.25. The standard InChI is InChI=1S/C8H8N6/c9-7-4-12-5(2-13-7)6-1-11-3-8(10)14-6/h1-4H,(H2,9,13)(H2,10,14). The van der Waals surface area contributed by atoms with Crippen LogP contribution >= 0.6 is 0 Å². The van der Waals surface area contributed by atoms with E-state index >= 15 is 0 Å². The summed E-state index contributed by atoms with van der Waals surface area (Å²) in [7, 11) is 0. The molecule has 0 saturated heterocycles. The first-order chi connectivity index (χ1) is 6.75. The van der Waals surface area contributed by atoms with Crippen LogP contribution in [0.2, 0.25) is 0 Å². The molecule has 2 heterocycles. The van der Waals surface area contributed by atoms with Gasteiger partial charge in [-0.1, -0.05) is 0 Å². The molecule has 0 aliphatic heterocycles. The van der Waals surface area contributed by atoms with Gasteiger partial charge in [0.1, 0.15) is 23.0 Å². The highest BCUT2D eigenvalue weighted by atomic mass is 14.9. The van der Waals surface area contributed by atoms with Gasteiger partial charge in [0.05, 0.1) is 24.8 Å². The second-order valence-electron chi connectivity index (χ2n) is 2.66. The monoisotopic (exact) mass is 188 g/mol. The molecular formula is C8H8N6. The molecule has 6 heteroatoms. The van der Waals surface area contributed by atoms with Crippen LogP contribution in [0.15, 0.2) is 24.8 Å². The fraction of sp³-hybridized carbons (Fsp3) is 0. The zero-order valence-corrected chi connectivity index (χ0v) is 7.25. The smallest absolute Gasteiger partial charge is 0.142 e. The molecule has 2 aromatic heterocycles. The highest BCUT2D eigenvalue weighted by Crippen LogP contribution is 2.12. The van der Waals surface area contributed by atoms with E-state index in [4.69, 9.17) is 11.5 Å². The van der Waals surface area contributed by atoms with Crippen molar-refractivity contribution in [2.75, 3.05) is 11.5 Å². The maximum Gasteiger partial charge on any atom is 0.142 e. The summed E-state index contributed by atoms with van der Waals surface area (Å²) in [6.45, 7) is 0. The Kier molecular flexibility index (Phi) is 1.94. The Bertz CT molecular complexity index is 438. The van der Waals surface area contributed by atoms with Crippen LogP contribution in [0.25, 0.3) is 11.4 Å². The van der Waals surface area contributed by atoms with Crippen molar-refractivity contribution in [2.24, 2.45) is 0 Å². The zero-order chi connectivity index (χ0) is 9.97. The van der Waals surface area contributed by atoms with Crippen LogP contribution in [0, 0.1) is 0 Å². The molecule has 2 rings (SSSR count). The van der Waals surface area contributed by atoms with E-state index in [1.807, 2.05) is 0 Å². The number of hydrogen-bond acceptors (Lipinski definition) is 6. The molecule has 0 unspecified atom stereocenters. The molecule has 0 spiro atoms. The molecule has 0 amide bonds. The van der Waals surface area contributed by atoms with Gasteiger partial charge in [-0.05, 0) is 0 Å². The maximum atomic E-state index is 5.48. The van der Waals surface area contributed by atoms with Crippen molar-refractivity contribution in [3.8, 4) is 11.4 Å². The van der Waals surface area contributed by atoms with E-state index in [0.717, 1.165) is 0 Å². The van der Waals surface area contributed by atoms with Gasteiger partial charge in [0.25, 0.3) is 0 Å². The molecule has 2 aromatic rings. The molecule has 70 valence electrons. The summed E-state index contributed by atoms with van der Waals surface area (Å²) in [5.41, 5.74) is 12.1. The number of hydrogen-bond donors (Lipinski definition) is 2. The number of nitrogens with two attached hydrogens (primary N) is 2. The Labute approximate surface area is 80.0 Å². The SMILES string of the molecule is Nc1cnc(-c2cncc(N)n2)cn1. The van der Waals surface area contributed by atoms with Crippen molar-refractivity contribution < 1.29 is 0 Å². The van der Waals surface area contributed by atoms with Crippen LogP contribution in [-0.2, 0) is 0 Å². The third-order valence-electron chi connectivity index (χ3n) is 1.59. The molecule has 0 aromatic carbocycles. The molecule has 0 aliphatic carbocycles. The number of nitrogen functional groups attached to an aromatic ring is 2. The summed E-state index contributed by atoms with van der Waals surface area (Å²) in [5, 5.41) is 0. The number of nitrogens with zero attached hydrogens (tertiary/aromatic N) is 4. The number of rotatable bonds is 1. The van der Waals surface area contributed by atoms with Crippen LogP contribution in [-0.4, -0.2) is 19.9 Å².